The van der Waals surface area contributed by atoms with Gasteiger partial charge in [-0.1, -0.05) is 17.7 Å². The molecule has 0 N–H and O–H groups in total. The summed E-state index contributed by atoms with van der Waals surface area (Å²) < 4.78 is 15.8. The molecule has 2 heterocycles. The van der Waals surface area contributed by atoms with Gasteiger partial charge in [-0.3, -0.25) is 14.5 Å². The van der Waals surface area contributed by atoms with Crippen LogP contribution in [0.25, 0.3) is 6.08 Å². The minimum atomic E-state index is -0.471. The first-order valence-electron chi connectivity index (χ1n) is 11.1. The Hall–Kier alpha value is -3.34. The lowest BCUT2D eigenvalue weighted by molar-refractivity contribution is -0.137. The molecule has 9 nitrogen and oxygen atoms in total. The van der Waals surface area contributed by atoms with Gasteiger partial charge in [-0.2, -0.15) is 0 Å². The number of hydrogen-bond acceptors (Lipinski definition) is 8. The summed E-state index contributed by atoms with van der Waals surface area (Å²) in [6.07, 6.45) is 1.66. The first kappa shape index (κ1) is 25.7. The lowest BCUT2D eigenvalue weighted by Crippen LogP contribution is -2.43. The molecule has 2 saturated heterocycles. The van der Waals surface area contributed by atoms with Gasteiger partial charge in [-0.25, -0.2) is 9.79 Å². The van der Waals surface area contributed by atoms with Crippen LogP contribution < -0.4 is 4.74 Å². The van der Waals surface area contributed by atoms with Gasteiger partial charge in [0.15, 0.2) is 11.8 Å². The predicted octanol–water partition coefficient (Wildman–Crippen LogP) is 3.60. The molecule has 2 aliphatic heterocycles. The number of benzene rings is 2. The van der Waals surface area contributed by atoms with Crippen LogP contribution in [-0.4, -0.2) is 79.8 Å². The Labute approximate surface area is 217 Å². The number of carbonyl (C=O) groups excluding carboxylic acids is 3. The molecule has 4 rings (SSSR count). The third kappa shape index (κ3) is 6.07. The molecule has 0 atom stereocenters. The van der Waals surface area contributed by atoms with Crippen molar-refractivity contribution in [3.8, 4) is 5.75 Å². The normalized spacial score (nSPS) is 18.1. The van der Waals surface area contributed by atoms with Crippen molar-refractivity contribution < 1.29 is 28.6 Å². The second-order valence-corrected chi connectivity index (χ2v) is 9.32. The maximum absolute atomic E-state index is 12.9. The van der Waals surface area contributed by atoms with Crippen molar-refractivity contribution in [2.24, 2.45) is 4.99 Å². The third-order valence-electron chi connectivity index (χ3n) is 5.47. The minimum Gasteiger partial charge on any atom is -0.483 e. The molecule has 0 bridgehead atoms. The highest BCUT2D eigenvalue weighted by atomic mass is 35.5. The van der Waals surface area contributed by atoms with Gasteiger partial charge in [0, 0.05) is 30.7 Å². The number of amides is 2. The zero-order valence-electron chi connectivity index (χ0n) is 19.7. The van der Waals surface area contributed by atoms with E-state index in [0.29, 0.717) is 64.0 Å². The van der Waals surface area contributed by atoms with Gasteiger partial charge < -0.3 is 19.1 Å². The van der Waals surface area contributed by atoms with Gasteiger partial charge in [0.2, 0.25) is 0 Å². The monoisotopic (exact) mass is 529 g/mol. The Morgan fingerprint density at radius 1 is 1.19 bits per heavy atom. The van der Waals surface area contributed by atoms with Crippen molar-refractivity contribution >= 4 is 58.1 Å². The van der Waals surface area contributed by atoms with E-state index in [1.807, 2.05) is 0 Å². The number of amidine groups is 1. The lowest BCUT2D eigenvalue weighted by atomic mass is 10.2. The van der Waals surface area contributed by atoms with Crippen LogP contribution in [0.2, 0.25) is 5.02 Å². The molecule has 2 fully saturated rings. The molecule has 11 heteroatoms. The minimum absolute atomic E-state index is 0.137. The van der Waals surface area contributed by atoms with E-state index < -0.39 is 5.97 Å². The van der Waals surface area contributed by atoms with Crippen molar-refractivity contribution in [1.82, 2.24) is 9.80 Å². The average molecular weight is 530 g/mol. The standard InChI is InChI=1S/C25H24ClN3O6S/c1-28-23(31)21(36-25(28)27-19-5-3-4-16(13-19)24(32)33-2)14-17-12-18(26)6-7-20(17)35-15-22(30)29-8-10-34-11-9-29/h3-7,12-14H,8-11,15H2,1-2H3. The van der Waals surface area contributed by atoms with Crippen LogP contribution in [0.3, 0.4) is 0 Å². The predicted molar refractivity (Wildman–Crippen MR) is 138 cm³/mol. The molecular weight excluding hydrogens is 506 g/mol. The Kier molecular flexibility index (Phi) is 8.29. The summed E-state index contributed by atoms with van der Waals surface area (Å²) >= 11 is 7.38. The van der Waals surface area contributed by atoms with Crippen LogP contribution >= 0.6 is 23.4 Å². The van der Waals surface area contributed by atoms with E-state index in [2.05, 4.69) is 4.99 Å². The van der Waals surface area contributed by atoms with Crippen molar-refractivity contribution in [2.45, 2.75) is 0 Å². The summed E-state index contributed by atoms with van der Waals surface area (Å²) in [6, 6.07) is 11.6. The Morgan fingerprint density at radius 2 is 1.97 bits per heavy atom. The van der Waals surface area contributed by atoms with Crippen molar-refractivity contribution in [2.75, 3.05) is 47.1 Å². The topological polar surface area (TPSA) is 97.7 Å². The van der Waals surface area contributed by atoms with Crippen LogP contribution in [0.5, 0.6) is 5.75 Å². The highest BCUT2D eigenvalue weighted by Gasteiger charge is 2.31. The van der Waals surface area contributed by atoms with Crippen LogP contribution in [-0.2, 0) is 19.1 Å². The van der Waals surface area contributed by atoms with Gasteiger partial charge in [0.05, 0.1) is 36.5 Å². The van der Waals surface area contributed by atoms with Crippen molar-refractivity contribution in [1.29, 1.82) is 0 Å². The molecule has 2 aromatic carbocycles. The molecule has 0 saturated carbocycles. The zero-order valence-corrected chi connectivity index (χ0v) is 21.3. The number of rotatable bonds is 6. The largest absolute Gasteiger partial charge is 0.483 e. The maximum Gasteiger partial charge on any atom is 0.337 e. The van der Waals surface area contributed by atoms with E-state index in [4.69, 9.17) is 25.8 Å². The van der Waals surface area contributed by atoms with Crippen LogP contribution in [0.4, 0.5) is 5.69 Å². The number of morpholine rings is 1. The molecule has 2 aromatic rings. The molecule has 188 valence electrons. The highest BCUT2D eigenvalue weighted by Crippen LogP contribution is 2.35. The summed E-state index contributed by atoms with van der Waals surface area (Å²) in [5.74, 6) is -0.429. The molecule has 2 amide bonds. The summed E-state index contributed by atoms with van der Waals surface area (Å²) in [4.78, 5) is 45.3. The smallest absolute Gasteiger partial charge is 0.337 e. The quantitative estimate of drug-likeness (QED) is 0.416. The van der Waals surface area contributed by atoms with E-state index in [9.17, 15) is 14.4 Å². The van der Waals surface area contributed by atoms with Gasteiger partial charge in [-0.05, 0) is 54.2 Å². The zero-order chi connectivity index (χ0) is 25.7. The number of halogens is 1. The molecule has 0 spiro atoms. The van der Waals surface area contributed by atoms with Crippen molar-refractivity contribution in [3.63, 3.8) is 0 Å². The number of hydrogen-bond donors (Lipinski definition) is 0. The average Bonchev–Trinajstić information content (AvgIpc) is 3.15. The molecule has 2 aliphatic rings. The number of ether oxygens (including phenoxy) is 3. The number of nitrogens with zero attached hydrogens (tertiary/aromatic N) is 3. The van der Waals surface area contributed by atoms with E-state index in [1.165, 1.54) is 23.8 Å². The first-order chi connectivity index (χ1) is 17.4. The number of carbonyl (C=O) groups is 3. The summed E-state index contributed by atoms with van der Waals surface area (Å²) in [6.45, 7) is 1.94. The Morgan fingerprint density at radius 3 is 2.72 bits per heavy atom. The van der Waals surface area contributed by atoms with Gasteiger partial charge in [0.25, 0.3) is 11.8 Å². The Bertz CT molecular complexity index is 1240. The molecule has 36 heavy (non-hydrogen) atoms. The van der Waals surface area contributed by atoms with Crippen LogP contribution in [0.1, 0.15) is 15.9 Å². The van der Waals surface area contributed by atoms with Gasteiger partial charge in [0.1, 0.15) is 5.75 Å². The molecular formula is C25H24ClN3O6S. The molecule has 0 aliphatic carbocycles. The fourth-order valence-electron chi connectivity index (χ4n) is 3.53. The van der Waals surface area contributed by atoms with Crippen LogP contribution in [0.15, 0.2) is 52.4 Å². The number of aliphatic imine (C=N–C) groups is 1. The fraction of sp³-hybridized carbons (Fsp3) is 0.280. The third-order valence-corrected chi connectivity index (χ3v) is 6.76. The Balaban J connectivity index is 1.54. The SMILES string of the molecule is COC(=O)c1cccc(N=C2SC(=Cc3cc(Cl)ccc3OCC(=O)N3CCOCC3)C(=O)N2C)c1. The van der Waals surface area contributed by atoms with E-state index >= 15 is 0 Å². The molecule has 0 aromatic heterocycles. The van der Waals surface area contributed by atoms with Crippen molar-refractivity contribution in [3.05, 3.63) is 63.5 Å². The molecule has 0 radical (unpaired) electrons. The van der Waals surface area contributed by atoms with E-state index in [-0.39, 0.29) is 18.4 Å². The van der Waals surface area contributed by atoms with Gasteiger partial charge in [-0.15, -0.1) is 0 Å². The lowest BCUT2D eigenvalue weighted by Gasteiger charge is -2.26. The summed E-state index contributed by atoms with van der Waals surface area (Å²) in [5, 5.41) is 0.909. The van der Waals surface area contributed by atoms with E-state index in [0.717, 1.165) is 0 Å². The number of thioether (sulfide) groups is 1. The number of methoxy groups -OCH3 is 1. The van der Waals surface area contributed by atoms with Crippen LogP contribution in [0, 0.1) is 0 Å². The molecule has 0 unspecified atom stereocenters. The second-order valence-electron chi connectivity index (χ2n) is 7.88. The number of esters is 1. The number of likely N-dealkylation sites (N-methyl/N-ethyl adjacent to an activating group) is 1. The highest BCUT2D eigenvalue weighted by molar-refractivity contribution is 8.18. The maximum atomic E-state index is 12.9. The summed E-state index contributed by atoms with van der Waals surface area (Å²) in [5.41, 5.74) is 1.43. The fourth-order valence-corrected chi connectivity index (χ4v) is 4.69. The van der Waals surface area contributed by atoms with Gasteiger partial charge >= 0.3 is 5.97 Å². The van der Waals surface area contributed by atoms with E-state index in [1.54, 1.807) is 60.5 Å². The summed E-state index contributed by atoms with van der Waals surface area (Å²) in [7, 11) is 2.93. The first-order valence-corrected chi connectivity index (χ1v) is 12.3. The second kappa shape index (κ2) is 11.6.